The Labute approximate surface area is 264 Å². The third-order valence-electron chi connectivity index (χ3n) is 6.88. The highest BCUT2D eigenvalue weighted by molar-refractivity contribution is 7.92. The fraction of sp³-hybridized carbons (Fsp3) is 0.219. The second-order valence-electron chi connectivity index (χ2n) is 10.5. The molecule has 5 aromatic rings. The van der Waals surface area contributed by atoms with E-state index in [0.29, 0.717) is 28.0 Å². The molecule has 0 atom stereocenters. The number of halogens is 3. The summed E-state index contributed by atoms with van der Waals surface area (Å²) in [5.74, 6) is 6.45. The number of aryl methyl sites for hydroxylation is 1. The van der Waals surface area contributed by atoms with Gasteiger partial charge >= 0.3 is 6.18 Å². The van der Waals surface area contributed by atoms with Crippen LogP contribution in [0.1, 0.15) is 11.5 Å². The van der Waals surface area contributed by atoms with Gasteiger partial charge in [-0.3, -0.25) is 4.72 Å². The predicted octanol–water partition coefficient (Wildman–Crippen LogP) is 6.58. The van der Waals surface area contributed by atoms with Crippen LogP contribution in [-0.4, -0.2) is 52.1 Å². The molecule has 0 saturated carbocycles. The van der Waals surface area contributed by atoms with E-state index in [1.54, 1.807) is 31.2 Å². The Morgan fingerprint density at radius 2 is 1.78 bits per heavy atom. The van der Waals surface area contributed by atoms with Crippen molar-refractivity contribution in [3.05, 3.63) is 84.3 Å². The van der Waals surface area contributed by atoms with Crippen LogP contribution in [0.4, 0.5) is 41.7 Å². The summed E-state index contributed by atoms with van der Waals surface area (Å²) in [5, 5.41) is 10.6. The zero-order valence-electron chi connectivity index (χ0n) is 25.4. The smallest absolute Gasteiger partial charge is 0.406 e. The van der Waals surface area contributed by atoms with Gasteiger partial charge in [0.2, 0.25) is 0 Å². The lowest BCUT2D eigenvalue weighted by molar-refractivity contribution is -0.140. The van der Waals surface area contributed by atoms with E-state index in [9.17, 15) is 21.6 Å². The van der Waals surface area contributed by atoms with Crippen LogP contribution < -0.4 is 25.0 Å². The van der Waals surface area contributed by atoms with Crippen LogP contribution in [0.2, 0.25) is 0 Å². The van der Waals surface area contributed by atoms with Crippen molar-refractivity contribution in [1.82, 2.24) is 9.72 Å². The summed E-state index contributed by atoms with van der Waals surface area (Å²) in [6.45, 7) is 0.463. The molecule has 0 aliphatic rings. The van der Waals surface area contributed by atoms with E-state index in [1.165, 1.54) is 31.4 Å². The first-order chi connectivity index (χ1) is 21.8. The Morgan fingerprint density at radius 1 is 1.02 bits per heavy atom. The molecule has 10 nitrogen and oxygen atoms in total. The van der Waals surface area contributed by atoms with Gasteiger partial charge in [-0.2, -0.15) is 13.2 Å². The van der Waals surface area contributed by atoms with E-state index in [0.717, 1.165) is 15.9 Å². The SMILES string of the molecule is COc1cc(S(=O)(=O)Nc2cc(C)on2)ccc1NCC#Cc1cc2c(Nc3ccc(N(C)C)cc3)cccc2n1CC(F)(F)F. The topological polar surface area (TPSA) is 114 Å². The number of methoxy groups -OCH3 is 1. The van der Waals surface area contributed by atoms with Crippen molar-refractivity contribution < 1.29 is 30.8 Å². The highest BCUT2D eigenvalue weighted by Gasteiger charge is 2.30. The van der Waals surface area contributed by atoms with Crippen LogP contribution in [0.3, 0.4) is 0 Å². The minimum absolute atomic E-state index is 0.0375. The molecule has 0 unspecified atom stereocenters. The number of hydrogen-bond donors (Lipinski definition) is 3. The van der Waals surface area contributed by atoms with Gasteiger partial charge in [0.1, 0.15) is 18.1 Å². The Hall–Kier alpha value is -5.29. The highest BCUT2D eigenvalue weighted by Crippen LogP contribution is 2.32. The lowest BCUT2D eigenvalue weighted by atomic mass is 10.2. The normalized spacial score (nSPS) is 11.5. The molecule has 5 rings (SSSR count). The summed E-state index contributed by atoms with van der Waals surface area (Å²) in [4.78, 5) is 1.90. The maximum absolute atomic E-state index is 13.6. The quantitative estimate of drug-likeness (QED) is 0.145. The van der Waals surface area contributed by atoms with Crippen LogP contribution in [0.5, 0.6) is 5.75 Å². The number of sulfonamides is 1. The molecule has 0 saturated heterocycles. The van der Waals surface area contributed by atoms with Gasteiger partial charge in [0.15, 0.2) is 5.82 Å². The monoisotopic (exact) mass is 652 g/mol. The van der Waals surface area contributed by atoms with Crippen molar-refractivity contribution in [2.45, 2.75) is 24.5 Å². The Kier molecular flexibility index (Phi) is 9.06. The molecule has 0 bridgehead atoms. The van der Waals surface area contributed by atoms with Crippen molar-refractivity contribution in [3.63, 3.8) is 0 Å². The summed E-state index contributed by atoms with van der Waals surface area (Å²) < 4.78 is 80.3. The van der Waals surface area contributed by atoms with Crippen molar-refractivity contribution in [1.29, 1.82) is 0 Å². The molecular formula is C32H31F3N6O4S. The molecule has 0 amide bonds. The minimum atomic E-state index is -4.47. The van der Waals surface area contributed by atoms with Crippen molar-refractivity contribution >= 4 is 49.5 Å². The van der Waals surface area contributed by atoms with Crippen LogP contribution in [0, 0.1) is 18.8 Å². The van der Waals surface area contributed by atoms with E-state index < -0.39 is 22.7 Å². The standard InChI is InChI=1S/C32H31F3N6O4S/c1-21-17-31(38-45-21)39-46(42,43)25-14-15-28(30(19-25)44-4)36-16-6-7-24-18-26-27(37-22-10-12-23(13-11-22)40(2)3)8-5-9-29(26)41(24)20-32(33,34)35/h5,8-15,17-19,36-37H,16,20H2,1-4H3,(H,38,39). The van der Waals surface area contributed by atoms with Crippen LogP contribution >= 0.6 is 0 Å². The zero-order chi connectivity index (χ0) is 33.1. The molecule has 0 aliphatic heterocycles. The van der Waals surface area contributed by atoms with Gasteiger partial charge in [-0.25, -0.2) is 8.42 Å². The lowest BCUT2D eigenvalue weighted by Gasteiger charge is -2.14. The molecule has 0 aliphatic carbocycles. The largest absolute Gasteiger partial charge is 0.495 e. The zero-order valence-corrected chi connectivity index (χ0v) is 26.2. The summed E-state index contributed by atoms with van der Waals surface area (Å²) in [5.41, 5.74) is 3.46. The fourth-order valence-electron chi connectivity index (χ4n) is 4.72. The van der Waals surface area contributed by atoms with Crippen molar-refractivity contribution in [2.75, 3.05) is 48.0 Å². The maximum Gasteiger partial charge on any atom is 0.406 e. The number of hydrogen-bond acceptors (Lipinski definition) is 8. The molecule has 14 heteroatoms. The third-order valence-corrected chi connectivity index (χ3v) is 8.23. The van der Waals surface area contributed by atoms with Gasteiger partial charge < -0.3 is 29.4 Å². The Morgan fingerprint density at radius 3 is 2.43 bits per heavy atom. The highest BCUT2D eigenvalue weighted by atomic mass is 32.2. The number of nitrogens with zero attached hydrogens (tertiary/aromatic N) is 3. The number of ether oxygens (including phenoxy) is 1. The summed E-state index contributed by atoms with van der Waals surface area (Å²) >= 11 is 0. The summed E-state index contributed by atoms with van der Waals surface area (Å²) in [6.07, 6.45) is -4.47. The van der Waals surface area contributed by atoms with Crippen molar-refractivity contribution in [2.24, 2.45) is 0 Å². The van der Waals surface area contributed by atoms with E-state index >= 15 is 0 Å². The molecule has 3 aromatic carbocycles. The molecule has 0 radical (unpaired) electrons. The summed E-state index contributed by atoms with van der Waals surface area (Å²) in [6, 6.07) is 20.1. The first-order valence-corrected chi connectivity index (χ1v) is 15.4. The van der Waals surface area contributed by atoms with Gasteiger partial charge in [-0.05, 0) is 67.4 Å². The summed E-state index contributed by atoms with van der Waals surface area (Å²) in [7, 11) is 1.27. The van der Waals surface area contributed by atoms with Gasteiger partial charge in [-0.1, -0.05) is 17.1 Å². The average Bonchev–Trinajstić information content (AvgIpc) is 3.57. The Bertz CT molecular complexity index is 2020. The second-order valence-corrected chi connectivity index (χ2v) is 12.2. The van der Waals surface area contributed by atoms with E-state index in [2.05, 4.69) is 32.4 Å². The first kappa shape index (κ1) is 32.1. The van der Waals surface area contributed by atoms with Crippen LogP contribution in [0.15, 0.2) is 82.2 Å². The van der Waals surface area contributed by atoms with Gasteiger partial charge in [0.25, 0.3) is 10.0 Å². The molecule has 3 N–H and O–H groups in total. The predicted molar refractivity (Wildman–Crippen MR) is 172 cm³/mol. The molecule has 0 fully saturated rings. The Balaban J connectivity index is 1.37. The van der Waals surface area contributed by atoms with E-state index in [1.807, 2.05) is 43.3 Å². The lowest BCUT2D eigenvalue weighted by Crippen LogP contribution is -2.18. The molecule has 240 valence electrons. The van der Waals surface area contributed by atoms with Gasteiger partial charge in [0, 0.05) is 48.7 Å². The molecular weight excluding hydrogens is 621 g/mol. The number of fused-ring (bicyclic) bond motifs is 1. The van der Waals surface area contributed by atoms with E-state index in [-0.39, 0.29) is 28.7 Å². The molecule has 2 aromatic heterocycles. The first-order valence-electron chi connectivity index (χ1n) is 13.9. The number of anilines is 5. The second kappa shape index (κ2) is 13.0. The molecule has 46 heavy (non-hydrogen) atoms. The number of nitrogens with one attached hydrogen (secondary N) is 3. The average molecular weight is 653 g/mol. The number of rotatable bonds is 10. The number of alkyl halides is 3. The number of aromatic nitrogens is 2. The van der Waals surface area contributed by atoms with Gasteiger partial charge in [0.05, 0.1) is 35.4 Å². The molecule has 2 heterocycles. The van der Waals surface area contributed by atoms with Gasteiger partial charge in [-0.15, -0.1) is 0 Å². The van der Waals surface area contributed by atoms with E-state index in [4.69, 9.17) is 9.26 Å². The minimum Gasteiger partial charge on any atom is -0.495 e. The van der Waals surface area contributed by atoms with Crippen molar-refractivity contribution in [3.8, 4) is 17.6 Å². The van der Waals surface area contributed by atoms with Crippen LogP contribution in [-0.2, 0) is 16.6 Å². The van der Waals surface area contributed by atoms with Crippen LogP contribution in [0.25, 0.3) is 10.9 Å². The number of benzene rings is 3. The fourth-order valence-corrected chi connectivity index (χ4v) is 5.71. The third kappa shape index (κ3) is 7.49. The maximum atomic E-state index is 13.6. The molecule has 0 spiro atoms.